The van der Waals surface area contributed by atoms with E-state index in [0.29, 0.717) is 12.5 Å². The first-order valence-electron chi connectivity index (χ1n) is 5.32. The fourth-order valence-corrected chi connectivity index (χ4v) is 2.10. The molecule has 2 N–H and O–H groups in total. The molecule has 1 saturated heterocycles. The molecule has 3 nitrogen and oxygen atoms in total. The highest BCUT2D eigenvalue weighted by Crippen LogP contribution is 2.06. The number of carbonyl (C=O) groups is 1. The summed E-state index contributed by atoms with van der Waals surface area (Å²) in [6, 6.07) is 0.402. The Morgan fingerprint density at radius 2 is 2.50 bits per heavy atom. The van der Waals surface area contributed by atoms with E-state index < -0.39 is 0 Å². The first-order chi connectivity index (χ1) is 6.83. The summed E-state index contributed by atoms with van der Waals surface area (Å²) in [7, 11) is 0. The lowest BCUT2D eigenvalue weighted by Crippen LogP contribution is -2.33. The third-order valence-electron chi connectivity index (χ3n) is 2.44. The van der Waals surface area contributed by atoms with E-state index in [1.807, 2.05) is 11.8 Å². The maximum atomic E-state index is 11.2. The molecule has 0 radical (unpaired) electrons. The molecule has 82 valence electrons. The molecule has 0 aromatic carbocycles. The van der Waals surface area contributed by atoms with Gasteiger partial charge in [-0.25, -0.2) is 0 Å². The number of thioether (sulfide) groups is 1. The molecule has 0 aliphatic carbocycles. The summed E-state index contributed by atoms with van der Waals surface area (Å²) >= 11 is 1.87. The normalized spacial score (nSPS) is 22.9. The predicted molar refractivity (Wildman–Crippen MR) is 61.7 cm³/mol. The van der Waals surface area contributed by atoms with Gasteiger partial charge in [-0.2, -0.15) is 11.8 Å². The van der Waals surface area contributed by atoms with Gasteiger partial charge >= 0.3 is 0 Å². The summed E-state index contributed by atoms with van der Waals surface area (Å²) in [6.07, 6.45) is 6.20. The van der Waals surface area contributed by atoms with E-state index in [4.69, 9.17) is 0 Å². The average molecular weight is 216 g/mol. The number of amides is 1. The fraction of sp³-hybridized carbons (Fsp3) is 0.900. The average Bonchev–Trinajstić information content (AvgIpc) is 2.38. The molecule has 0 saturated carbocycles. The summed E-state index contributed by atoms with van der Waals surface area (Å²) in [5.41, 5.74) is 0. The van der Waals surface area contributed by atoms with Crippen molar-refractivity contribution in [3.05, 3.63) is 0 Å². The zero-order chi connectivity index (χ0) is 10.2. The largest absolute Gasteiger partial charge is 0.356 e. The molecular weight excluding hydrogens is 196 g/mol. The maximum Gasteiger partial charge on any atom is 0.221 e. The second-order valence-electron chi connectivity index (χ2n) is 3.69. The maximum absolute atomic E-state index is 11.2. The van der Waals surface area contributed by atoms with Crippen molar-refractivity contribution in [2.75, 3.05) is 25.1 Å². The highest BCUT2D eigenvalue weighted by atomic mass is 32.2. The van der Waals surface area contributed by atoms with E-state index in [1.165, 1.54) is 12.2 Å². The summed E-state index contributed by atoms with van der Waals surface area (Å²) in [5.74, 6) is 1.40. The van der Waals surface area contributed by atoms with Crippen molar-refractivity contribution in [3.63, 3.8) is 0 Å². The van der Waals surface area contributed by atoms with Crippen LogP contribution in [0.25, 0.3) is 0 Å². The molecule has 4 heteroatoms. The van der Waals surface area contributed by atoms with Crippen LogP contribution in [0.2, 0.25) is 0 Å². The van der Waals surface area contributed by atoms with Gasteiger partial charge in [0, 0.05) is 19.0 Å². The van der Waals surface area contributed by atoms with Crippen LogP contribution in [0.5, 0.6) is 0 Å². The van der Waals surface area contributed by atoms with Gasteiger partial charge in [0.2, 0.25) is 5.91 Å². The Kier molecular flexibility index (Phi) is 6.03. The van der Waals surface area contributed by atoms with E-state index in [0.717, 1.165) is 25.9 Å². The smallest absolute Gasteiger partial charge is 0.221 e. The number of rotatable bonds is 5. The molecule has 1 fully saturated rings. The Labute approximate surface area is 90.4 Å². The Bertz CT molecular complexity index is 176. The highest BCUT2D eigenvalue weighted by Gasteiger charge is 2.15. The zero-order valence-corrected chi connectivity index (χ0v) is 9.66. The molecule has 0 aromatic rings. The van der Waals surface area contributed by atoms with Crippen molar-refractivity contribution in [2.24, 2.45) is 0 Å². The van der Waals surface area contributed by atoms with Crippen molar-refractivity contribution >= 4 is 17.7 Å². The van der Waals surface area contributed by atoms with Crippen LogP contribution in [-0.2, 0) is 4.79 Å². The van der Waals surface area contributed by atoms with Crippen LogP contribution in [0.4, 0.5) is 0 Å². The monoisotopic (exact) mass is 216 g/mol. The molecule has 1 unspecified atom stereocenters. The number of hydrogen-bond acceptors (Lipinski definition) is 3. The van der Waals surface area contributed by atoms with Gasteiger partial charge in [0.25, 0.3) is 0 Å². The summed E-state index contributed by atoms with van der Waals surface area (Å²) in [4.78, 5) is 11.2. The molecule has 0 spiro atoms. The molecule has 0 aromatic heterocycles. The highest BCUT2D eigenvalue weighted by molar-refractivity contribution is 7.98. The Balaban J connectivity index is 2.12. The molecule has 1 amide bonds. The quantitative estimate of drug-likeness (QED) is 0.674. The van der Waals surface area contributed by atoms with Crippen LogP contribution in [0.15, 0.2) is 0 Å². The van der Waals surface area contributed by atoms with E-state index in [1.54, 1.807) is 0 Å². The fourth-order valence-electron chi connectivity index (χ4n) is 1.67. The van der Waals surface area contributed by atoms with Gasteiger partial charge in [-0.3, -0.25) is 4.79 Å². The number of carbonyl (C=O) groups excluding carboxylic acids is 1. The molecule has 0 bridgehead atoms. The Morgan fingerprint density at radius 3 is 3.29 bits per heavy atom. The van der Waals surface area contributed by atoms with Crippen molar-refractivity contribution in [2.45, 2.75) is 31.7 Å². The zero-order valence-electron chi connectivity index (χ0n) is 8.84. The van der Waals surface area contributed by atoms with Crippen LogP contribution in [0, 0.1) is 0 Å². The number of nitrogens with one attached hydrogen (secondary N) is 2. The van der Waals surface area contributed by atoms with Crippen LogP contribution in [0.1, 0.15) is 25.7 Å². The van der Waals surface area contributed by atoms with E-state index in [9.17, 15) is 4.79 Å². The molecule has 14 heavy (non-hydrogen) atoms. The van der Waals surface area contributed by atoms with E-state index >= 15 is 0 Å². The molecule has 1 heterocycles. The minimum atomic E-state index is 0.199. The second kappa shape index (κ2) is 7.12. The molecular formula is C10H20N2OS. The van der Waals surface area contributed by atoms with Gasteiger partial charge in [0.15, 0.2) is 0 Å². The SMILES string of the molecule is CSCCCNC1CCCNC(=O)C1. The topological polar surface area (TPSA) is 41.1 Å². The van der Waals surface area contributed by atoms with Crippen LogP contribution >= 0.6 is 11.8 Å². The second-order valence-corrected chi connectivity index (χ2v) is 4.68. The third-order valence-corrected chi connectivity index (χ3v) is 3.14. The van der Waals surface area contributed by atoms with E-state index in [2.05, 4.69) is 16.9 Å². The first-order valence-corrected chi connectivity index (χ1v) is 6.71. The van der Waals surface area contributed by atoms with Gasteiger partial charge in [-0.15, -0.1) is 0 Å². The van der Waals surface area contributed by atoms with Crippen LogP contribution in [0.3, 0.4) is 0 Å². The lowest BCUT2D eigenvalue weighted by Gasteiger charge is -2.14. The van der Waals surface area contributed by atoms with Crippen molar-refractivity contribution in [3.8, 4) is 0 Å². The first kappa shape index (κ1) is 11.9. The van der Waals surface area contributed by atoms with Crippen molar-refractivity contribution < 1.29 is 4.79 Å². The summed E-state index contributed by atoms with van der Waals surface area (Å²) < 4.78 is 0. The van der Waals surface area contributed by atoms with Gasteiger partial charge in [-0.1, -0.05) is 0 Å². The summed E-state index contributed by atoms with van der Waals surface area (Å²) in [5, 5.41) is 6.35. The minimum absolute atomic E-state index is 0.199. The standard InChI is InChI=1S/C10H20N2OS/c1-14-7-3-6-11-9-4-2-5-12-10(13)8-9/h9,11H,2-8H2,1H3,(H,12,13). The van der Waals surface area contributed by atoms with Crippen molar-refractivity contribution in [1.82, 2.24) is 10.6 Å². The van der Waals surface area contributed by atoms with Crippen LogP contribution in [-0.4, -0.2) is 37.0 Å². The lowest BCUT2D eigenvalue weighted by molar-refractivity contribution is -0.121. The molecule has 1 rings (SSSR count). The van der Waals surface area contributed by atoms with Crippen molar-refractivity contribution in [1.29, 1.82) is 0 Å². The van der Waals surface area contributed by atoms with Gasteiger partial charge in [0.1, 0.15) is 0 Å². The Hall–Kier alpha value is -0.220. The minimum Gasteiger partial charge on any atom is -0.356 e. The lowest BCUT2D eigenvalue weighted by atomic mass is 10.1. The summed E-state index contributed by atoms with van der Waals surface area (Å²) in [6.45, 7) is 1.89. The van der Waals surface area contributed by atoms with Gasteiger partial charge in [0.05, 0.1) is 0 Å². The van der Waals surface area contributed by atoms with Gasteiger partial charge < -0.3 is 10.6 Å². The molecule has 1 aliphatic heterocycles. The van der Waals surface area contributed by atoms with Crippen LogP contribution < -0.4 is 10.6 Å². The van der Waals surface area contributed by atoms with Gasteiger partial charge in [-0.05, 0) is 37.8 Å². The third kappa shape index (κ3) is 4.86. The molecule has 1 atom stereocenters. The molecule has 1 aliphatic rings. The Morgan fingerprint density at radius 1 is 1.64 bits per heavy atom. The number of hydrogen-bond donors (Lipinski definition) is 2. The predicted octanol–water partition coefficient (Wildman–Crippen LogP) is 0.998. The van der Waals surface area contributed by atoms with E-state index in [-0.39, 0.29) is 5.91 Å².